The minimum atomic E-state index is -2.65. The van der Waals surface area contributed by atoms with E-state index in [0.29, 0.717) is 51.1 Å². The highest BCUT2D eigenvalue weighted by Crippen LogP contribution is 2.21. The van der Waals surface area contributed by atoms with Gasteiger partial charge in [0.05, 0.1) is 0 Å². The molecular weight excluding hydrogens is 326 g/mol. The molecule has 0 aromatic heterocycles. The molecule has 7 heteroatoms. The van der Waals surface area contributed by atoms with Crippen LogP contribution in [0.25, 0.3) is 0 Å². The van der Waals surface area contributed by atoms with E-state index >= 15 is 0 Å². The molecular formula is C17H36NO5Si+. The van der Waals surface area contributed by atoms with Crippen molar-refractivity contribution in [3.05, 3.63) is 12.2 Å². The van der Waals surface area contributed by atoms with E-state index in [1.54, 1.807) is 6.92 Å². The van der Waals surface area contributed by atoms with Gasteiger partial charge in [0.2, 0.25) is 0 Å². The molecule has 0 heterocycles. The van der Waals surface area contributed by atoms with Gasteiger partial charge in [0, 0.05) is 37.9 Å². The van der Waals surface area contributed by atoms with Crippen molar-refractivity contribution < 1.29 is 27.6 Å². The molecule has 0 aliphatic carbocycles. The lowest BCUT2D eigenvalue weighted by molar-refractivity contribution is -1.09. The molecule has 0 rings (SSSR count). The zero-order valence-corrected chi connectivity index (χ0v) is 17.4. The normalized spacial score (nSPS) is 12.2. The SMILES string of the molecule is C=C(C)C(=O)O[N+](CC)(CC)CCC[Si](OCC)(OCC)OCC. The summed E-state index contributed by atoms with van der Waals surface area (Å²) in [4.78, 5) is 17.6. The topological polar surface area (TPSA) is 54.0 Å². The highest BCUT2D eigenvalue weighted by Gasteiger charge is 2.41. The summed E-state index contributed by atoms with van der Waals surface area (Å²) in [7, 11) is -2.65. The fraction of sp³-hybridized carbons (Fsp3) is 0.824. The molecule has 0 aromatic carbocycles. The van der Waals surface area contributed by atoms with E-state index in [2.05, 4.69) is 6.58 Å². The lowest BCUT2D eigenvalue weighted by Gasteiger charge is -2.34. The second kappa shape index (κ2) is 11.8. The molecule has 0 saturated heterocycles. The summed E-state index contributed by atoms with van der Waals surface area (Å²) in [6.07, 6.45) is 0.803. The number of carbonyl (C=O) groups is 1. The Labute approximate surface area is 148 Å². The number of hydrogen-bond acceptors (Lipinski definition) is 5. The smallest absolute Gasteiger partial charge is 0.374 e. The lowest BCUT2D eigenvalue weighted by atomic mass is 10.3. The summed E-state index contributed by atoms with van der Waals surface area (Å²) in [6.45, 7) is 19.1. The van der Waals surface area contributed by atoms with Crippen molar-refractivity contribution >= 4 is 14.8 Å². The molecule has 0 aliphatic heterocycles. The minimum absolute atomic E-state index is 0.278. The van der Waals surface area contributed by atoms with Gasteiger partial charge in [-0.2, -0.15) is 0 Å². The van der Waals surface area contributed by atoms with E-state index < -0.39 is 8.80 Å². The van der Waals surface area contributed by atoms with Crippen LogP contribution in [0.5, 0.6) is 0 Å². The second-order valence-electron chi connectivity index (χ2n) is 5.66. The predicted molar refractivity (Wildman–Crippen MR) is 97.2 cm³/mol. The van der Waals surface area contributed by atoms with Crippen molar-refractivity contribution in [2.24, 2.45) is 0 Å². The third kappa shape index (κ3) is 7.44. The minimum Gasteiger partial charge on any atom is -0.374 e. The summed E-state index contributed by atoms with van der Waals surface area (Å²) < 4.78 is 17.9. The van der Waals surface area contributed by atoms with E-state index in [1.807, 2.05) is 34.6 Å². The molecule has 0 N–H and O–H groups in total. The maximum atomic E-state index is 11.9. The number of carbonyl (C=O) groups excluding carboxylic acids is 1. The quantitative estimate of drug-likeness (QED) is 0.205. The van der Waals surface area contributed by atoms with E-state index in [0.717, 1.165) is 6.42 Å². The maximum Gasteiger partial charge on any atom is 0.501 e. The molecule has 0 unspecified atom stereocenters. The largest absolute Gasteiger partial charge is 0.501 e. The van der Waals surface area contributed by atoms with Crippen LogP contribution in [0.4, 0.5) is 0 Å². The average Bonchev–Trinajstić information content (AvgIpc) is 2.54. The molecule has 0 spiro atoms. The Morgan fingerprint density at radius 2 is 1.42 bits per heavy atom. The maximum absolute atomic E-state index is 11.9. The summed E-state index contributed by atoms with van der Waals surface area (Å²) in [5.74, 6) is -0.346. The molecule has 142 valence electrons. The molecule has 6 nitrogen and oxygen atoms in total. The van der Waals surface area contributed by atoms with Crippen LogP contribution in [0.3, 0.4) is 0 Å². The summed E-state index contributed by atoms with van der Waals surface area (Å²) in [5, 5.41) is 0. The van der Waals surface area contributed by atoms with Crippen molar-refractivity contribution in [2.75, 3.05) is 39.5 Å². The van der Waals surface area contributed by atoms with Crippen molar-refractivity contribution in [3.8, 4) is 0 Å². The van der Waals surface area contributed by atoms with Crippen LogP contribution in [0.15, 0.2) is 12.2 Å². The van der Waals surface area contributed by atoms with Gasteiger partial charge in [-0.1, -0.05) is 6.58 Å². The molecule has 24 heavy (non-hydrogen) atoms. The first-order valence-electron chi connectivity index (χ1n) is 9.01. The van der Waals surface area contributed by atoms with Crippen LogP contribution in [-0.2, 0) is 22.9 Å². The summed E-state index contributed by atoms with van der Waals surface area (Å²) in [6, 6.07) is 0.715. The van der Waals surface area contributed by atoms with Crippen LogP contribution in [0.1, 0.15) is 48.0 Å². The van der Waals surface area contributed by atoms with Crippen LogP contribution in [-0.4, -0.2) is 58.9 Å². The number of quaternary nitrogens is 1. The molecule has 0 aromatic rings. The standard InChI is InChI=1S/C17H36NO5Si/c1-8-18(9-2,23-17(19)16(6)7)14-13-15-24(20-10-3,21-11-4)22-12-5/h6,8-15H2,1-5,7H3/q+1. The Morgan fingerprint density at radius 3 is 1.75 bits per heavy atom. The zero-order chi connectivity index (χ0) is 18.6. The van der Waals surface area contributed by atoms with Gasteiger partial charge >= 0.3 is 14.8 Å². The number of hydrogen-bond donors (Lipinski definition) is 0. The van der Waals surface area contributed by atoms with Crippen LogP contribution in [0.2, 0.25) is 6.04 Å². The van der Waals surface area contributed by atoms with Gasteiger partial charge in [-0.15, -0.1) is 4.65 Å². The number of hydroxylamine groups is 3. The Balaban J connectivity index is 4.93. The first kappa shape index (κ1) is 23.3. The van der Waals surface area contributed by atoms with Crippen molar-refractivity contribution in [1.82, 2.24) is 0 Å². The monoisotopic (exact) mass is 362 g/mol. The second-order valence-corrected chi connectivity index (χ2v) is 8.39. The highest BCUT2D eigenvalue weighted by molar-refractivity contribution is 6.60. The van der Waals surface area contributed by atoms with Crippen molar-refractivity contribution in [1.29, 1.82) is 0 Å². The molecule has 0 fully saturated rings. The first-order chi connectivity index (χ1) is 11.3. The highest BCUT2D eigenvalue weighted by atomic mass is 28.4. The molecule has 0 amide bonds. The van der Waals surface area contributed by atoms with E-state index in [1.165, 1.54) is 0 Å². The van der Waals surface area contributed by atoms with Gasteiger partial charge in [-0.05, 0) is 41.5 Å². The zero-order valence-electron chi connectivity index (χ0n) is 16.4. The first-order valence-corrected chi connectivity index (χ1v) is 10.9. The fourth-order valence-corrected chi connectivity index (χ4v) is 5.15. The van der Waals surface area contributed by atoms with Crippen LogP contribution >= 0.6 is 0 Å². The molecule has 0 radical (unpaired) electrons. The number of rotatable bonds is 14. The molecule has 0 saturated carbocycles. The van der Waals surface area contributed by atoms with Gasteiger partial charge in [0.1, 0.15) is 19.6 Å². The Morgan fingerprint density at radius 1 is 0.958 bits per heavy atom. The van der Waals surface area contributed by atoms with Gasteiger partial charge in [0.15, 0.2) is 0 Å². The predicted octanol–water partition coefficient (Wildman–Crippen LogP) is 3.32. The molecule has 0 atom stereocenters. The van der Waals surface area contributed by atoms with Crippen LogP contribution in [0, 0.1) is 0 Å². The Kier molecular flexibility index (Phi) is 11.4. The van der Waals surface area contributed by atoms with Crippen LogP contribution < -0.4 is 0 Å². The van der Waals surface area contributed by atoms with Gasteiger partial charge in [-0.25, -0.2) is 4.79 Å². The summed E-state index contributed by atoms with van der Waals surface area (Å²) >= 11 is 0. The third-order valence-electron chi connectivity index (χ3n) is 3.92. The van der Waals surface area contributed by atoms with Crippen molar-refractivity contribution in [3.63, 3.8) is 0 Å². The van der Waals surface area contributed by atoms with Gasteiger partial charge in [-0.3, -0.25) is 4.84 Å². The Bertz CT molecular complexity index is 368. The lowest BCUT2D eigenvalue weighted by Crippen LogP contribution is -2.51. The van der Waals surface area contributed by atoms with Gasteiger partial charge in [0.25, 0.3) is 0 Å². The molecule has 0 bridgehead atoms. The number of nitrogens with zero attached hydrogens (tertiary/aromatic N) is 1. The third-order valence-corrected chi connectivity index (χ3v) is 7.07. The van der Waals surface area contributed by atoms with Gasteiger partial charge < -0.3 is 13.3 Å². The summed E-state index contributed by atoms with van der Waals surface area (Å²) in [5.41, 5.74) is 0.418. The fourth-order valence-electron chi connectivity index (χ4n) is 2.55. The molecule has 0 aliphatic rings. The van der Waals surface area contributed by atoms with E-state index in [9.17, 15) is 4.79 Å². The Hall–Kier alpha value is -0.733. The average molecular weight is 363 g/mol. The van der Waals surface area contributed by atoms with Crippen molar-refractivity contribution in [2.45, 2.75) is 54.0 Å². The van der Waals surface area contributed by atoms with E-state index in [-0.39, 0.29) is 10.6 Å². The van der Waals surface area contributed by atoms with E-state index in [4.69, 9.17) is 18.1 Å².